The van der Waals surface area contributed by atoms with Gasteiger partial charge in [0.15, 0.2) is 6.10 Å². The molecular formula is C50H96O6. The summed E-state index contributed by atoms with van der Waals surface area (Å²) in [7, 11) is 0. The van der Waals surface area contributed by atoms with Gasteiger partial charge in [0.2, 0.25) is 0 Å². The Kier molecular flexibility index (Phi) is 40.4. The van der Waals surface area contributed by atoms with Gasteiger partial charge in [0.1, 0.15) is 13.2 Å². The highest BCUT2D eigenvalue weighted by atomic mass is 16.6. The summed E-state index contributed by atoms with van der Waals surface area (Å²) in [6.45, 7) is 13.6. The number of hydrogen-bond acceptors (Lipinski definition) is 6. The largest absolute Gasteiger partial charge is 0.462 e. The molecular weight excluding hydrogens is 697 g/mol. The fourth-order valence-corrected chi connectivity index (χ4v) is 7.41. The Hall–Kier alpha value is -1.59. The molecule has 0 rings (SSSR count). The van der Waals surface area contributed by atoms with Crippen molar-refractivity contribution in [3.63, 3.8) is 0 Å². The molecule has 0 saturated heterocycles. The van der Waals surface area contributed by atoms with Gasteiger partial charge in [0, 0.05) is 19.3 Å². The molecule has 0 aromatic heterocycles. The van der Waals surface area contributed by atoms with E-state index in [0.717, 1.165) is 75.5 Å². The summed E-state index contributed by atoms with van der Waals surface area (Å²) in [6.07, 6.45) is 39.7. The highest BCUT2D eigenvalue weighted by molar-refractivity contribution is 5.71. The highest BCUT2D eigenvalue weighted by Crippen LogP contribution is 2.17. The Labute approximate surface area is 348 Å². The third kappa shape index (κ3) is 43.5. The van der Waals surface area contributed by atoms with Crippen LogP contribution in [0.3, 0.4) is 0 Å². The predicted octanol–water partition coefficient (Wildman–Crippen LogP) is 15.6. The van der Waals surface area contributed by atoms with Crippen LogP contribution in [-0.4, -0.2) is 37.2 Å². The normalized spacial score (nSPS) is 12.2. The second-order valence-electron chi connectivity index (χ2n) is 18.5. The maximum atomic E-state index is 12.7. The zero-order valence-electron chi connectivity index (χ0n) is 38.4. The lowest BCUT2D eigenvalue weighted by Gasteiger charge is -2.18. The third-order valence-corrected chi connectivity index (χ3v) is 11.1. The van der Waals surface area contributed by atoms with Gasteiger partial charge in [-0.25, -0.2) is 0 Å². The molecule has 56 heavy (non-hydrogen) atoms. The molecule has 0 bridgehead atoms. The molecule has 6 heteroatoms. The lowest BCUT2D eigenvalue weighted by molar-refractivity contribution is -0.167. The van der Waals surface area contributed by atoms with Crippen LogP contribution in [0.4, 0.5) is 0 Å². The molecule has 0 aliphatic carbocycles. The topological polar surface area (TPSA) is 78.9 Å². The fraction of sp³-hybridized carbons (Fsp3) is 0.940. The van der Waals surface area contributed by atoms with E-state index in [0.29, 0.717) is 19.3 Å². The summed E-state index contributed by atoms with van der Waals surface area (Å²) in [5.41, 5.74) is 0. The molecule has 0 aromatic carbocycles. The molecule has 332 valence electrons. The lowest BCUT2D eigenvalue weighted by atomic mass is 10.0. The van der Waals surface area contributed by atoms with Crippen LogP contribution in [0.5, 0.6) is 0 Å². The minimum absolute atomic E-state index is 0.0668. The van der Waals surface area contributed by atoms with Crippen molar-refractivity contribution in [3.8, 4) is 0 Å². The average molecular weight is 793 g/mol. The van der Waals surface area contributed by atoms with E-state index in [1.807, 2.05) is 0 Å². The van der Waals surface area contributed by atoms with Crippen molar-refractivity contribution in [1.29, 1.82) is 0 Å². The minimum atomic E-state index is -0.762. The summed E-state index contributed by atoms with van der Waals surface area (Å²) in [5.74, 6) is 1.53. The van der Waals surface area contributed by atoms with Crippen molar-refractivity contribution < 1.29 is 28.6 Å². The van der Waals surface area contributed by atoms with Gasteiger partial charge in [-0.15, -0.1) is 0 Å². The quantitative estimate of drug-likeness (QED) is 0.0348. The van der Waals surface area contributed by atoms with Crippen molar-refractivity contribution >= 4 is 17.9 Å². The van der Waals surface area contributed by atoms with Crippen molar-refractivity contribution in [2.45, 2.75) is 272 Å². The molecule has 0 aromatic rings. The monoisotopic (exact) mass is 793 g/mol. The van der Waals surface area contributed by atoms with Gasteiger partial charge < -0.3 is 14.2 Å². The van der Waals surface area contributed by atoms with E-state index in [4.69, 9.17) is 14.2 Å². The first kappa shape index (κ1) is 54.4. The van der Waals surface area contributed by atoms with Crippen molar-refractivity contribution in [3.05, 3.63) is 0 Å². The van der Waals surface area contributed by atoms with Crippen LogP contribution in [0.25, 0.3) is 0 Å². The molecule has 6 nitrogen and oxygen atoms in total. The Morgan fingerprint density at radius 1 is 0.304 bits per heavy atom. The summed E-state index contributed by atoms with van der Waals surface area (Å²) >= 11 is 0. The molecule has 0 unspecified atom stereocenters. The number of carbonyl (C=O) groups excluding carboxylic acids is 3. The smallest absolute Gasteiger partial charge is 0.306 e. The zero-order valence-corrected chi connectivity index (χ0v) is 38.4. The molecule has 0 amide bonds. The third-order valence-electron chi connectivity index (χ3n) is 11.1. The van der Waals surface area contributed by atoms with Gasteiger partial charge >= 0.3 is 17.9 Å². The van der Waals surface area contributed by atoms with Crippen LogP contribution in [0, 0.1) is 17.8 Å². The Morgan fingerprint density at radius 3 is 0.768 bits per heavy atom. The first-order valence-corrected chi connectivity index (χ1v) is 24.6. The molecule has 0 heterocycles. The Bertz CT molecular complexity index is 868. The molecule has 0 spiro atoms. The van der Waals surface area contributed by atoms with Crippen LogP contribution in [-0.2, 0) is 28.6 Å². The average Bonchev–Trinajstić information content (AvgIpc) is 3.15. The first-order valence-electron chi connectivity index (χ1n) is 24.6. The van der Waals surface area contributed by atoms with E-state index in [1.54, 1.807) is 0 Å². The van der Waals surface area contributed by atoms with E-state index < -0.39 is 6.10 Å². The predicted molar refractivity (Wildman–Crippen MR) is 238 cm³/mol. The number of carbonyl (C=O) groups is 3. The minimum Gasteiger partial charge on any atom is -0.462 e. The van der Waals surface area contributed by atoms with Crippen LogP contribution >= 0.6 is 0 Å². The number of hydrogen-bond donors (Lipinski definition) is 0. The Balaban J connectivity index is 4.23. The van der Waals surface area contributed by atoms with E-state index in [-0.39, 0.29) is 31.1 Å². The Morgan fingerprint density at radius 2 is 0.518 bits per heavy atom. The molecule has 0 aliphatic heterocycles. The van der Waals surface area contributed by atoms with Crippen LogP contribution in [0.15, 0.2) is 0 Å². The number of esters is 3. The van der Waals surface area contributed by atoms with Crippen molar-refractivity contribution in [2.24, 2.45) is 17.8 Å². The fourth-order valence-electron chi connectivity index (χ4n) is 7.41. The number of unbranched alkanes of at least 4 members (excludes halogenated alkanes) is 26. The summed E-state index contributed by atoms with van der Waals surface area (Å²) in [6, 6.07) is 0. The van der Waals surface area contributed by atoms with E-state index >= 15 is 0 Å². The zero-order chi connectivity index (χ0) is 41.3. The van der Waals surface area contributed by atoms with Gasteiger partial charge in [-0.1, -0.05) is 228 Å². The number of rotatable bonds is 43. The lowest BCUT2D eigenvalue weighted by Crippen LogP contribution is -2.30. The van der Waals surface area contributed by atoms with E-state index in [9.17, 15) is 14.4 Å². The van der Waals surface area contributed by atoms with Gasteiger partial charge in [-0.05, 0) is 37.0 Å². The standard InChI is InChI=1S/C50H96O6/c1-44(2)36-30-24-18-15-13-11-9-7-8-10-12-14-16-20-29-35-41-50(53)56-47(43-55-49(52)40-34-28-23-22-26-32-38-46(5)6)42-54-48(51)39-33-27-21-17-19-25-31-37-45(3)4/h44-47H,7-43H2,1-6H3/t47-/m1/s1. The van der Waals surface area contributed by atoms with E-state index in [2.05, 4.69) is 41.5 Å². The molecule has 0 aliphatic rings. The number of ether oxygens (including phenoxy) is 3. The molecule has 0 radical (unpaired) electrons. The molecule has 0 fully saturated rings. The van der Waals surface area contributed by atoms with E-state index in [1.165, 1.54) is 148 Å². The first-order chi connectivity index (χ1) is 27.1. The maximum absolute atomic E-state index is 12.7. The summed E-state index contributed by atoms with van der Waals surface area (Å²) in [5, 5.41) is 0. The summed E-state index contributed by atoms with van der Waals surface area (Å²) < 4.78 is 16.7. The van der Waals surface area contributed by atoms with Crippen LogP contribution < -0.4 is 0 Å². The van der Waals surface area contributed by atoms with Crippen molar-refractivity contribution in [1.82, 2.24) is 0 Å². The van der Waals surface area contributed by atoms with Gasteiger partial charge in [-0.2, -0.15) is 0 Å². The molecule has 1 atom stereocenters. The maximum Gasteiger partial charge on any atom is 0.306 e. The van der Waals surface area contributed by atoms with Crippen LogP contribution in [0.1, 0.15) is 266 Å². The van der Waals surface area contributed by atoms with Crippen molar-refractivity contribution in [2.75, 3.05) is 13.2 Å². The molecule has 0 saturated carbocycles. The summed E-state index contributed by atoms with van der Waals surface area (Å²) in [4.78, 5) is 37.7. The SMILES string of the molecule is CC(C)CCCCCCCCCCCCCCCCCCC(=O)O[C@H](COC(=O)CCCCCCCCCC(C)C)COC(=O)CCCCCCCCC(C)C. The van der Waals surface area contributed by atoms with Crippen LogP contribution in [0.2, 0.25) is 0 Å². The van der Waals surface area contributed by atoms with Gasteiger partial charge in [-0.3, -0.25) is 14.4 Å². The highest BCUT2D eigenvalue weighted by Gasteiger charge is 2.19. The van der Waals surface area contributed by atoms with Gasteiger partial charge in [0.05, 0.1) is 0 Å². The second kappa shape index (κ2) is 41.6. The molecule has 0 N–H and O–H groups in total. The van der Waals surface area contributed by atoms with Gasteiger partial charge in [0.25, 0.3) is 0 Å². The second-order valence-corrected chi connectivity index (χ2v) is 18.5.